The summed E-state index contributed by atoms with van der Waals surface area (Å²) in [6.07, 6.45) is 0. The Labute approximate surface area is 125 Å². The van der Waals surface area contributed by atoms with Crippen molar-refractivity contribution < 1.29 is 9.90 Å². The molecule has 2 heterocycles. The van der Waals surface area contributed by atoms with E-state index in [-0.39, 0.29) is 5.75 Å². The number of aliphatic carboxylic acids is 1. The molecule has 0 aliphatic rings. The molecule has 0 saturated carbocycles. The van der Waals surface area contributed by atoms with Crippen LogP contribution in [0.2, 0.25) is 0 Å². The Hall–Kier alpha value is -1.54. The lowest BCUT2D eigenvalue weighted by Crippen LogP contribution is -2.24. The first-order valence-corrected chi connectivity index (χ1v) is 7.99. The minimum atomic E-state index is -0.856. The summed E-state index contributed by atoms with van der Waals surface area (Å²) in [4.78, 5) is 14.0. The number of anilines is 1. The molecule has 0 unspecified atom stereocenters. The van der Waals surface area contributed by atoms with Gasteiger partial charge in [-0.3, -0.25) is 9.36 Å². The predicted molar refractivity (Wildman–Crippen MR) is 80.4 cm³/mol. The van der Waals surface area contributed by atoms with Gasteiger partial charge in [-0.05, 0) is 18.4 Å². The summed E-state index contributed by atoms with van der Waals surface area (Å²) in [5.74, 6) is -0.109. The van der Waals surface area contributed by atoms with E-state index in [9.17, 15) is 4.79 Å². The van der Waals surface area contributed by atoms with Crippen LogP contribution in [0.5, 0.6) is 0 Å². The van der Waals surface area contributed by atoms with Crippen LogP contribution in [0.3, 0.4) is 0 Å². The molecule has 0 aliphatic carbocycles. The first-order valence-electron chi connectivity index (χ1n) is 6.13. The molecule has 0 amide bonds. The van der Waals surface area contributed by atoms with Crippen LogP contribution in [-0.2, 0) is 18.4 Å². The summed E-state index contributed by atoms with van der Waals surface area (Å²) >= 11 is 2.88. The Morgan fingerprint density at radius 2 is 2.35 bits per heavy atom. The van der Waals surface area contributed by atoms with Gasteiger partial charge in [-0.15, -0.1) is 21.5 Å². The van der Waals surface area contributed by atoms with E-state index in [4.69, 9.17) is 5.11 Å². The third-order valence-corrected chi connectivity index (χ3v) is 4.59. The van der Waals surface area contributed by atoms with E-state index in [2.05, 4.69) is 28.1 Å². The fourth-order valence-corrected chi connectivity index (χ4v) is 3.10. The average Bonchev–Trinajstić information content (AvgIpc) is 3.04. The molecular weight excluding hydrogens is 296 g/mol. The van der Waals surface area contributed by atoms with Gasteiger partial charge in [0, 0.05) is 18.5 Å². The predicted octanol–water partition coefficient (Wildman–Crippen LogP) is 2.08. The largest absolute Gasteiger partial charge is 0.481 e. The van der Waals surface area contributed by atoms with Gasteiger partial charge in [0.15, 0.2) is 5.16 Å². The highest BCUT2D eigenvalue weighted by atomic mass is 32.2. The zero-order valence-electron chi connectivity index (χ0n) is 11.3. The first-order chi connectivity index (χ1) is 9.61. The van der Waals surface area contributed by atoms with Crippen molar-refractivity contribution in [1.29, 1.82) is 0 Å². The molecule has 0 fully saturated rings. The standard InChI is InChI=1S/C12H16N4O2S2/c1-3-16(7-9-5-4-6-19-9)11-13-14-12(15(11)2)20-8-10(17)18/h4-6H,3,7-8H2,1-2H3,(H,17,18). The zero-order chi connectivity index (χ0) is 14.5. The Balaban J connectivity index is 2.12. The van der Waals surface area contributed by atoms with Gasteiger partial charge < -0.3 is 10.0 Å². The highest BCUT2D eigenvalue weighted by Gasteiger charge is 2.16. The summed E-state index contributed by atoms with van der Waals surface area (Å²) in [6, 6.07) is 4.11. The second kappa shape index (κ2) is 6.76. The molecule has 108 valence electrons. The van der Waals surface area contributed by atoms with Crippen LogP contribution in [0.15, 0.2) is 22.7 Å². The van der Waals surface area contributed by atoms with Crippen molar-refractivity contribution in [3.8, 4) is 0 Å². The molecule has 2 rings (SSSR count). The van der Waals surface area contributed by atoms with Gasteiger partial charge in [0.2, 0.25) is 5.95 Å². The lowest BCUT2D eigenvalue weighted by molar-refractivity contribution is -0.133. The first kappa shape index (κ1) is 14.9. The van der Waals surface area contributed by atoms with Crippen molar-refractivity contribution in [1.82, 2.24) is 14.8 Å². The quantitative estimate of drug-likeness (QED) is 0.789. The van der Waals surface area contributed by atoms with E-state index in [1.54, 1.807) is 11.3 Å². The second-order valence-electron chi connectivity index (χ2n) is 4.12. The monoisotopic (exact) mass is 312 g/mol. The van der Waals surface area contributed by atoms with Gasteiger partial charge in [0.25, 0.3) is 0 Å². The topological polar surface area (TPSA) is 71.2 Å². The van der Waals surface area contributed by atoms with Crippen molar-refractivity contribution in [3.05, 3.63) is 22.4 Å². The molecule has 2 aromatic heterocycles. The van der Waals surface area contributed by atoms with E-state index in [1.165, 1.54) is 16.6 Å². The van der Waals surface area contributed by atoms with Crippen molar-refractivity contribution >= 4 is 35.0 Å². The Morgan fingerprint density at radius 3 is 2.95 bits per heavy atom. The molecule has 0 spiro atoms. The number of aromatic nitrogens is 3. The number of thioether (sulfide) groups is 1. The van der Waals surface area contributed by atoms with E-state index >= 15 is 0 Å². The summed E-state index contributed by atoms with van der Waals surface area (Å²) in [7, 11) is 1.86. The summed E-state index contributed by atoms with van der Waals surface area (Å²) in [5.41, 5.74) is 0. The minimum Gasteiger partial charge on any atom is -0.481 e. The van der Waals surface area contributed by atoms with Gasteiger partial charge >= 0.3 is 5.97 Å². The smallest absolute Gasteiger partial charge is 0.313 e. The maximum Gasteiger partial charge on any atom is 0.313 e. The third kappa shape index (κ3) is 3.51. The average molecular weight is 312 g/mol. The number of carboxylic acids is 1. The van der Waals surface area contributed by atoms with E-state index < -0.39 is 5.97 Å². The Bertz CT molecular complexity index is 568. The highest BCUT2D eigenvalue weighted by Crippen LogP contribution is 2.22. The Morgan fingerprint density at radius 1 is 1.55 bits per heavy atom. The molecular formula is C12H16N4O2S2. The van der Waals surface area contributed by atoms with Crippen LogP contribution in [0.1, 0.15) is 11.8 Å². The molecule has 2 aromatic rings. The number of thiophene rings is 1. The van der Waals surface area contributed by atoms with Crippen molar-refractivity contribution in [2.75, 3.05) is 17.2 Å². The maximum atomic E-state index is 10.6. The fourth-order valence-electron chi connectivity index (χ4n) is 1.75. The van der Waals surface area contributed by atoms with Crippen LogP contribution in [0.25, 0.3) is 0 Å². The SMILES string of the molecule is CCN(Cc1cccs1)c1nnc(SCC(=O)O)n1C. The van der Waals surface area contributed by atoms with Crippen LogP contribution < -0.4 is 4.90 Å². The van der Waals surface area contributed by atoms with Gasteiger partial charge in [-0.25, -0.2) is 0 Å². The van der Waals surface area contributed by atoms with Crippen LogP contribution in [-0.4, -0.2) is 38.1 Å². The lowest BCUT2D eigenvalue weighted by Gasteiger charge is -2.20. The molecule has 1 N–H and O–H groups in total. The van der Waals surface area contributed by atoms with Crippen molar-refractivity contribution in [2.45, 2.75) is 18.6 Å². The summed E-state index contributed by atoms with van der Waals surface area (Å²) < 4.78 is 1.84. The molecule has 0 aromatic carbocycles. The van der Waals surface area contributed by atoms with Crippen LogP contribution in [0, 0.1) is 0 Å². The second-order valence-corrected chi connectivity index (χ2v) is 6.09. The molecule has 0 atom stereocenters. The normalized spacial score (nSPS) is 10.7. The fraction of sp³-hybridized carbons (Fsp3) is 0.417. The number of hydrogen-bond donors (Lipinski definition) is 1. The molecule has 20 heavy (non-hydrogen) atoms. The van der Waals surface area contributed by atoms with E-state index in [0.717, 1.165) is 19.0 Å². The number of carbonyl (C=O) groups is 1. The minimum absolute atomic E-state index is 0.0109. The number of rotatable bonds is 7. The van der Waals surface area contributed by atoms with Crippen LogP contribution in [0.4, 0.5) is 5.95 Å². The molecule has 0 saturated heterocycles. The summed E-state index contributed by atoms with van der Waals surface area (Å²) in [5, 5.41) is 19.6. The highest BCUT2D eigenvalue weighted by molar-refractivity contribution is 7.99. The number of hydrogen-bond acceptors (Lipinski definition) is 6. The molecule has 8 heteroatoms. The zero-order valence-corrected chi connectivity index (χ0v) is 12.9. The molecule has 0 aliphatic heterocycles. The van der Waals surface area contributed by atoms with Crippen molar-refractivity contribution in [2.24, 2.45) is 7.05 Å². The Kier molecular flexibility index (Phi) is 5.02. The van der Waals surface area contributed by atoms with Crippen molar-refractivity contribution in [3.63, 3.8) is 0 Å². The number of carboxylic acid groups (broad SMARTS) is 1. The third-order valence-electron chi connectivity index (χ3n) is 2.73. The van der Waals surface area contributed by atoms with Gasteiger partial charge in [-0.1, -0.05) is 17.8 Å². The van der Waals surface area contributed by atoms with E-state index in [0.29, 0.717) is 5.16 Å². The van der Waals surface area contributed by atoms with Gasteiger partial charge in [0.05, 0.1) is 12.3 Å². The van der Waals surface area contributed by atoms with Gasteiger partial charge in [-0.2, -0.15) is 0 Å². The molecule has 6 nitrogen and oxygen atoms in total. The molecule has 0 radical (unpaired) electrons. The van der Waals surface area contributed by atoms with E-state index in [1.807, 2.05) is 23.1 Å². The van der Waals surface area contributed by atoms with Gasteiger partial charge in [0.1, 0.15) is 0 Å². The number of nitrogens with zero attached hydrogens (tertiary/aromatic N) is 4. The molecule has 0 bridgehead atoms. The summed E-state index contributed by atoms with van der Waals surface area (Å²) in [6.45, 7) is 3.66. The lowest BCUT2D eigenvalue weighted by atomic mass is 10.4. The maximum absolute atomic E-state index is 10.6. The van der Waals surface area contributed by atoms with Crippen LogP contribution >= 0.6 is 23.1 Å².